The molecule has 0 aromatic heterocycles. The Bertz CT molecular complexity index is 441. The fourth-order valence-electron chi connectivity index (χ4n) is 1.83. The number of rotatable bonds is 10. The van der Waals surface area contributed by atoms with E-state index in [0.29, 0.717) is 25.3 Å². The van der Waals surface area contributed by atoms with Crippen molar-refractivity contribution >= 4 is 5.69 Å². The van der Waals surface area contributed by atoms with Crippen molar-refractivity contribution in [3.8, 4) is 0 Å². The number of nitro groups is 1. The minimum atomic E-state index is -0.674. The molecule has 0 radical (unpaired) electrons. The predicted molar refractivity (Wildman–Crippen MR) is 78.1 cm³/mol. The first-order chi connectivity index (χ1) is 10.0. The van der Waals surface area contributed by atoms with E-state index in [1.165, 1.54) is 6.07 Å². The average molecular weight is 298 g/mol. The molecule has 2 unspecified atom stereocenters. The Hall–Kier alpha value is -1.54. The number of nitro benzene ring substituents is 1. The fourth-order valence-corrected chi connectivity index (χ4v) is 1.83. The summed E-state index contributed by atoms with van der Waals surface area (Å²) in [5.74, 6) is 0. The van der Waals surface area contributed by atoms with E-state index in [2.05, 4.69) is 5.32 Å². The number of hydrogen-bond donors (Lipinski definition) is 2. The van der Waals surface area contributed by atoms with Crippen molar-refractivity contribution in [2.24, 2.45) is 0 Å². The van der Waals surface area contributed by atoms with Gasteiger partial charge in [0.1, 0.15) is 0 Å². The maximum Gasteiger partial charge on any atom is 0.273 e. The highest BCUT2D eigenvalue weighted by Gasteiger charge is 2.13. The fraction of sp³-hybridized carbons (Fsp3) is 0.571. The number of aliphatic hydroxyl groups excluding tert-OH is 1. The van der Waals surface area contributed by atoms with E-state index < -0.39 is 11.0 Å². The molecule has 0 bridgehead atoms. The van der Waals surface area contributed by atoms with Crippen LogP contribution in [0.15, 0.2) is 24.3 Å². The summed E-state index contributed by atoms with van der Waals surface area (Å²) >= 11 is 0. The maximum absolute atomic E-state index is 10.9. The average Bonchev–Trinajstić information content (AvgIpc) is 2.46. The summed E-state index contributed by atoms with van der Waals surface area (Å²) in [6.45, 7) is 3.13. The predicted octanol–water partition coefficient (Wildman–Crippen LogP) is 1.10. The molecule has 0 amide bonds. The first kappa shape index (κ1) is 17.5. The molecule has 7 nitrogen and oxygen atoms in total. The molecule has 1 rings (SSSR count). The zero-order valence-electron chi connectivity index (χ0n) is 12.3. The van der Waals surface area contributed by atoms with E-state index in [9.17, 15) is 15.2 Å². The van der Waals surface area contributed by atoms with Crippen molar-refractivity contribution in [3.63, 3.8) is 0 Å². The molecule has 0 heterocycles. The third-order valence-electron chi connectivity index (χ3n) is 2.86. The number of hydrogen-bond acceptors (Lipinski definition) is 6. The van der Waals surface area contributed by atoms with Crippen LogP contribution in [-0.4, -0.2) is 49.1 Å². The van der Waals surface area contributed by atoms with Crippen molar-refractivity contribution in [2.45, 2.75) is 25.7 Å². The second-order valence-electron chi connectivity index (χ2n) is 4.77. The van der Waals surface area contributed by atoms with Gasteiger partial charge < -0.3 is 19.9 Å². The molecule has 0 aliphatic rings. The third kappa shape index (κ3) is 6.63. The lowest BCUT2D eigenvalue weighted by atomic mass is 10.2. The van der Waals surface area contributed by atoms with Crippen molar-refractivity contribution in [1.82, 2.24) is 5.32 Å². The second-order valence-corrected chi connectivity index (χ2v) is 4.77. The summed E-state index contributed by atoms with van der Waals surface area (Å²) in [6, 6.07) is 6.52. The molecule has 0 fully saturated rings. The van der Waals surface area contributed by atoms with Gasteiger partial charge in [0.25, 0.3) is 5.69 Å². The SMILES string of the molecule is COCC(C)OCC(O)CNCc1ccccc1[N+](=O)[O-]. The number of nitrogens with one attached hydrogen (secondary N) is 1. The molecule has 2 N–H and O–H groups in total. The number of aliphatic hydroxyl groups is 1. The van der Waals surface area contributed by atoms with E-state index >= 15 is 0 Å². The summed E-state index contributed by atoms with van der Waals surface area (Å²) < 4.78 is 10.3. The van der Waals surface area contributed by atoms with Crippen molar-refractivity contribution in [3.05, 3.63) is 39.9 Å². The van der Waals surface area contributed by atoms with Gasteiger partial charge in [-0.25, -0.2) is 0 Å². The van der Waals surface area contributed by atoms with Crippen LogP contribution in [0, 0.1) is 10.1 Å². The van der Waals surface area contributed by atoms with Crippen LogP contribution in [0.1, 0.15) is 12.5 Å². The Morgan fingerprint density at radius 2 is 2.10 bits per heavy atom. The maximum atomic E-state index is 10.9. The summed E-state index contributed by atoms with van der Waals surface area (Å²) in [5, 5.41) is 23.6. The topological polar surface area (TPSA) is 93.9 Å². The van der Waals surface area contributed by atoms with Gasteiger partial charge in [0.05, 0.1) is 30.3 Å². The van der Waals surface area contributed by atoms with E-state index in [4.69, 9.17) is 9.47 Å². The second kappa shape index (κ2) is 9.41. The lowest BCUT2D eigenvalue weighted by Crippen LogP contribution is -2.32. The van der Waals surface area contributed by atoms with Gasteiger partial charge in [0.2, 0.25) is 0 Å². The number of ether oxygens (including phenoxy) is 2. The van der Waals surface area contributed by atoms with Gasteiger partial charge in [0.15, 0.2) is 0 Å². The molecule has 1 aromatic rings. The van der Waals surface area contributed by atoms with Crippen LogP contribution in [-0.2, 0) is 16.0 Å². The quantitative estimate of drug-likeness (QED) is 0.496. The van der Waals surface area contributed by atoms with Gasteiger partial charge >= 0.3 is 0 Å². The largest absolute Gasteiger partial charge is 0.389 e. The molecule has 0 saturated heterocycles. The lowest BCUT2D eigenvalue weighted by Gasteiger charge is -2.16. The first-order valence-corrected chi connectivity index (χ1v) is 6.76. The Balaban J connectivity index is 2.32. The van der Waals surface area contributed by atoms with Crippen LogP contribution in [0.25, 0.3) is 0 Å². The number of para-hydroxylation sites is 1. The molecule has 0 spiro atoms. The molecule has 118 valence electrons. The van der Waals surface area contributed by atoms with E-state index in [1.807, 2.05) is 6.92 Å². The summed E-state index contributed by atoms with van der Waals surface area (Å²) in [4.78, 5) is 10.4. The zero-order valence-corrected chi connectivity index (χ0v) is 12.3. The highest BCUT2D eigenvalue weighted by molar-refractivity contribution is 5.39. The smallest absolute Gasteiger partial charge is 0.273 e. The third-order valence-corrected chi connectivity index (χ3v) is 2.86. The Labute approximate surface area is 124 Å². The van der Waals surface area contributed by atoms with Gasteiger partial charge in [-0.2, -0.15) is 0 Å². The molecule has 0 saturated carbocycles. The molecule has 1 aromatic carbocycles. The number of benzene rings is 1. The molecular formula is C14H22N2O5. The molecule has 0 aliphatic heterocycles. The van der Waals surface area contributed by atoms with E-state index in [-0.39, 0.29) is 18.4 Å². The van der Waals surface area contributed by atoms with Crippen LogP contribution >= 0.6 is 0 Å². The Morgan fingerprint density at radius 1 is 1.38 bits per heavy atom. The normalized spacial score (nSPS) is 13.9. The molecule has 0 aliphatic carbocycles. The van der Waals surface area contributed by atoms with Crippen molar-refractivity contribution in [2.75, 3.05) is 26.9 Å². The summed E-state index contributed by atoms with van der Waals surface area (Å²) in [5.41, 5.74) is 0.660. The molecule has 2 atom stereocenters. The van der Waals surface area contributed by atoms with Gasteiger partial charge in [-0.3, -0.25) is 10.1 Å². The van der Waals surface area contributed by atoms with Crippen LogP contribution in [0.5, 0.6) is 0 Å². The van der Waals surface area contributed by atoms with Crippen LogP contribution in [0.3, 0.4) is 0 Å². The molecular weight excluding hydrogens is 276 g/mol. The van der Waals surface area contributed by atoms with Crippen LogP contribution in [0.2, 0.25) is 0 Å². The standard InChI is InChI=1S/C14H22N2O5/c1-11(9-20-2)21-10-13(17)8-15-7-12-5-3-4-6-14(12)16(18)19/h3-6,11,13,15,17H,7-10H2,1-2H3. The lowest BCUT2D eigenvalue weighted by molar-refractivity contribution is -0.385. The van der Waals surface area contributed by atoms with Crippen molar-refractivity contribution < 1.29 is 19.5 Å². The van der Waals surface area contributed by atoms with Crippen LogP contribution < -0.4 is 5.32 Å². The highest BCUT2D eigenvalue weighted by atomic mass is 16.6. The highest BCUT2D eigenvalue weighted by Crippen LogP contribution is 2.16. The Kier molecular flexibility index (Phi) is 7.84. The first-order valence-electron chi connectivity index (χ1n) is 6.76. The minimum absolute atomic E-state index is 0.0736. The van der Waals surface area contributed by atoms with Gasteiger partial charge in [-0.15, -0.1) is 0 Å². The van der Waals surface area contributed by atoms with Gasteiger partial charge in [-0.05, 0) is 6.92 Å². The molecule has 21 heavy (non-hydrogen) atoms. The Morgan fingerprint density at radius 3 is 2.76 bits per heavy atom. The van der Waals surface area contributed by atoms with Crippen LogP contribution in [0.4, 0.5) is 5.69 Å². The molecule has 7 heteroatoms. The van der Waals surface area contributed by atoms with Crippen molar-refractivity contribution in [1.29, 1.82) is 0 Å². The van der Waals surface area contributed by atoms with E-state index in [1.54, 1.807) is 25.3 Å². The van der Waals surface area contributed by atoms with Gasteiger partial charge in [-0.1, -0.05) is 18.2 Å². The number of nitrogens with zero attached hydrogens (tertiary/aromatic N) is 1. The minimum Gasteiger partial charge on any atom is -0.389 e. The van der Waals surface area contributed by atoms with Gasteiger partial charge in [0, 0.05) is 31.8 Å². The zero-order chi connectivity index (χ0) is 15.7. The summed E-state index contributed by atoms with van der Waals surface area (Å²) in [7, 11) is 1.59. The number of methoxy groups -OCH3 is 1. The summed E-state index contributed by atoms with van der Waals surface area (Å²) in [6.07, 6.45) is -0.757. The monoisotopic (exact) mass is 298 g/mol. The van der Waals surface area contributed by atoms with E-state index in [0.717, 1.165) is 0 Å².